The molecule has 5 heteroatoms. The van der Waals surface area contributed by atoms with E-state index in [0.29, 0.717) is 12.1 Å². The maximum absolute atomic E-state index is 10.6. The van der Waals surface area contributed by atoms with E-state index >= 15 is 0 Å². The van der Waals surface area contributed by atoms with Crippen LogP contribution in [0.1, 0.15) is 21.1 Å². The van der Waals surface area contributed by atoms with Crippen molar-refractivity contribution >= 4 is 17.3 Å². The van der Waals surface area contributed by atoms with Crippen LogP contribution >= 0.6 is 11.3 Å². The second-order valence-corrected chi connectivity index (χ2v) is 4.30. The van der Waals surface area contributed by atoms with Crippen molar-refractivity contribution in [2.45, 2.75) is 13.5 Å². The van der Waals surface area contributed by atoms with Gasteiger partial charge in [0.15, 0.2) is 0 Å². The predicted octanol–water partition coefficient (Wildman–Crippen LogP) is 2.00. The summed E-state index contributed by atoms with van der Waals surface area (Å²) in [6.45, 7) is 2.57. The Morgan fingerprint density at radius 2 is 2.47 bits per heavy atom. The van der Waals surface area contributed by atoms with Gasteiger partial charge in [-0.15, -0.1) is 11.3 Å². The normalized spacial score (nSPS) is 10.5. The van der Waals surface area contributed by atoms with Gasteiger partial charge in [-0.1, -0.05) is 0 Å². The van der Waals surface area contributed by atoms with Crippen LogP contribution in [-0.2, 0) is 6.54 Å². The van der Waals surface area contributed by atoms with Gasteiger partial charge in [-0.2, -0.15) is 0 Å². The Balaban J connectivity index is 2.14. The first kappa shape index (κ1) is 9.92. The molecule has 15 heavy (non-hydrogen) atoms. The number of nitrogens with zero attached hydrogens (tertiary/aromatic N) is 2. The topological polar surface area (TPSA) is 55.1 Å². The van der Waals surface area contributed by atoms with Crippen molar-refractivity contribution in [1.82, 2.24) is 9.55 Å². The Bertz CT molecular complexity index is 487. The molecule has 0 saturated carbocycles. The first-order valence-electron chi connectivity index (χ1n) is 4.45. The van der Waals surface area contributed by atoms with Crippen molar-refractivity contribution in [2.75, 3.05) is 0 Å². The molecular weight excluding hydrogens is 212 g/mol. The van der Waals surface area contributed by atoms with Gasteiger partial charge in [0, 0.05) is 17.8 Å². The van der Waals surface area contributed by atoms with Crippen molar-refractivity contribution in [2.24, 2.45) is 0 Å². The van der Waals surface area contributed by atoms with Crippen LogP contribution in [0.3, 0.4) is 0 Å². The van der Waals surface area contributed by atoms with Crippen molar-refractivity contribution in [1.29, 1.82) is 0 Å². The molecule has 0 fully saturated rings. The van der Waals surface area contributed by atoms with Crippen molar-refractivity contribution in [3.8, 4) is 0 Å². The van der Waals surface area contributed by atoms with Crippen molar-refractivity contribution < 1.29 is 9.90 Å². The number of carbonyl (C=O) groups is 1. The SMILES string of the molecule is Cc1nc(Cn2ccc(C(=O)O)c2)cs1. The molecule has 0 aliphatic heterocycles. The summed E-state index contributed by atoms with van der Waals surface area (Å²) in [5, 5.41) is 11.7. The smallest absolute Gasteiger partial charge is 0.337 e. The number of hydrogen-bond donors (Lipinski definition) is 1. The molecule has 0 radical (unpaired) electrons. The largest absolute Gasteiger partial charge is 0.478 e. The summed E-state index contributed by atoms with van der Waals surface area (Å²) in [6, 6.07) is 1.58. The number of aryl methyl sites for hydroxylation is 1. The van der Waals surface area contributed by atoms with Crippen LogP contribution in [0.15, 0.2) is 23.8 Å². The minimum atomic E-state index is -0.900. The third-order valence-corrected chi connectivity index (χ3v) is 2.83. The molecule has 2 rings (SSSR count). The Morgan fingerprint density at radius 3 is 3.00 bits per heavy atom. The van der Waals surface area contributed by atoms with E-state index in [1.165, 1.54) is 0 Å². The molecule has 0 aromatic carbocycles. The monoisotopic (exact) mass is 222 g/mol. The first-order chi connectivity index (χ1) is 7.15. The fourth-order valence-electron chi connectivity index (χ4n) is 1.33. The summed E-state index contributed by atoms with van der Waals surface area (Å²) < 4.78 is 1.82. The highest BCUT2D eigenvalue weighted by Crippen LogP contribution is 2.10. The number of aromatic carboxylic acids is 1. The number of carboxylic acids is 1. The number of rotatable bonds is 3. The summed E-state index contributed by atoms with van der Waals surface area (Å²) in [5.74, 6) is -0.900. The molecule has 2 heterocycles. The van der Waals surface area contributed by atoms with Crippen LogP contribution in [0.2, 0.25) is 0 Å². The lowest BCUT2D eigenvalue weighted by Gasteiger charge is -1.97. The molecule has 1 N–H and O–H groups in total. The highest BCUT2D eigenvalue weighted by atomic mass is 32.1. The van der Waals surface area contributed by atoms with Crippen LogP contribution in [0, 0.1) is 6.92 Å². The van der Waals surface area contributed by atoms with Crippen molar-refractivity contribution in [3.63, 3.8) is 0 Å². The standard InChI is InChI=1S/C10H10N2O2S/c1-7-11-9(6-15-7)5-12-3-2-8(4-12)10(13)14/h2-4,6H,5H2,1H3,(H,13,14). The van der Waals surface area contributed by atoms with Crippen LogP contribution in [0.25, 0.3) is 0 Å². The van der Waals surface area contributed by atoms with Gasteiger partial charge in [-0.05, 0) is 13.0 Å². The lowest BCUT2D eigenvalue weighted by Crippen LogP contribution is -1.98. The molecule has 4 nitrogen and oxygen atoms in total. The molecule has 0 atom stereocenters. The Morgan fingerprint density at radius 1 is 1.67 bits per heavy atom. The van der Waals surface area contributed by atoms with E-state index in [0.717, 1.165) is 10.7 Å². The summed E-state index contributed by atoms with van der Waals surface area (Å²) in [5.41, 5.74) is 1.27. The van der Waals surface area contributed by atoms with Gasteiger partial charge in [0.25, 0.3) is 0 Å². The Kier molecular flexibility index (Phi) is 2.55. The van der Waals surface area contributed by atoms with Gasteiger partial charge in [-0.25, -0.2) is 9.78 Å². The van der Waals surface area contributed by atoms with E-state index in [2.05, 4.69) is 4.98 Å². The van der Waals surface area contributed by atoms with Gasteiger partial charge in [0.2, 0.25) is 0 Å². The third-order valence-electron chi connectivity index (χ3n) is 2.01. The lowest BCUT2D eigenvalue weighted by atomic mass is 10.4. The highest BCUT2D eigenvalue weighted by molar-refractivity contribution is 7.09. The minimum Gasteiger partial charge on any atom is -0.478 e. The van der Waals surface area contributed by atoms with E-state index in [1.54, 1.807) is 29.8 Å². The van der Waals surface area contributed by atoms with Gasteiger partial charge in [0.1, 0.15) is 0 Å². The van der Waals surface area contributed by atoms with E-state index in [4.69, 9.17) is 5.11 Å². The zero-order chi connectivity index (χ0) is 10.8. The average molecular weight is 222 g/mol. The van der Waals surface area contributed by atoms with Crippen LogP contribution in [-0.4, -0.2) is 20.6 Å². The number of thiazole rings is 1. The van der Waals surface area contributed by atoms with E-state index in [-0.39, 0.29) is 0 Å². The third kappa shape index (κ3) is 2.24. The summed E-state index contributed by atoms with van der Waals surface area (Å²) in [7, 11) is 0. The summed E-state index contributed by atoms with van der Waals surface area (Å²) >= 11 is 1.60. The average Bonchev–Trinajstić information content (AvgIpc) is 2.76. The number of hydrogen-bond acceptors (Lipinski definition) is 3. The highest BCUT2D eigenvalue weighted by Gasteiger charge is 2.05. The summed E-state index contributed by atoms with van der Waals surface area (Å²) in [4.78, 5) is 15.0. The summed E-state index contributed by atoms with van der Waals surface area (Å²) in [6.07, 6.45) is 3.36. The Labute approximate surface area is 90.8 Å². The molecule has 2 aromatic rings. The van der Waals surface area contributed by atoms with Gasteiger partial charge in [0.05, 0.1) is 22.8 Å². The fourth-order valence-corrected chi connectivity index (χ4v) is 1.94. The first-order valence-corrected chi connectivity index (χ1v) is 5.33. The molecular formula is C10H10N2O2S. The molecule has 2 aromatic heterocycles. The van der Waals surface area contributed by atoms with Crippen LogP contribution in [0.4, 0.5) is 0 Å². The van der Waals surface area contributed by atoms with E-state index in [1.807, 2.05) is 16.9 Å². The zero-order valence-corrected chi connectivity index (χ0v) is 8.99. The van der Waals surface area contributed by atoms with E-state index < -0.39 is 5.97 Å². The molecule has 0 saturated heterocycles. The Hall–Kier alpha value is -1.62. The lowest BCUT2D eigenvalue weighted by molar-refractivity contribution is 0.0697. The fraction of sp³-hybridized carbons (Fsp3) is 0.200. The number of carboxylic acid groups (broad SMARTS) is 1. The quantitative estimate of drug-likeness (QED) is 0.864. The molecule has 0 amide bonds. The van der Waals surface area contributed by atoms with Gasteiger partial charge < -0.3 is 9.67 Å². The second kappa shape index (κ2) is 3.86. The maximum Gasteiger partial charge on any atom is 0.337 e. The van der Waals surface area contributed by atoms with Crippen LogP contribution in [0.5, 0.6) is 0 Å². The molecule has 0 aliphatic carbocycles. The molecule has 0 unspecified atom stereocenters. The number of aromatic nitrogens is 2. The molecule has 0 spiro atoms. The van der Waals surface area contributed by atoms with Crippen molar-refractivity contribution in [3.05, 3.63) is 40.1 Å². The van der Waals surface area contributed by atoms with Gasteiger partial charge >= 0.3 is 5.97 Å². The second-order valence-electron chi connectivity index (χ2n) is 3.24. The minimum absolute atomic E-state index is 0.307. The van der Waals surface area contributed by atoms with Crippen LogP contribution < -0.4 is 0 Å². The maximum atomic E-state index is 10.6. The zero-order valence-electron chi connectivity index (χ0n) is 8.17. The molecule has 0 bridgehead atoms. The molecule has 78 valence electrons. The predicted molar refractivity (Wildman–Crippen MR) is 57.3 cm³/mol. The van der Waals surface area contributed by atoms with Gasteiger partial charge in [-0.3, -0.25) is 0 Å². The molecule has 0 aliphatic rings. The van der Waals surface area contributed by atoms with E-state index in [9.17, 15) is 4.79 Å².